The first-order chi connectivity index (χ1) is 8.15. The number of aliphatic carboxylic acids is 1. The molecule has 1 aromatic rings. The molecule has 0 bridgehead atoms. The molecule has 0 aliphatic heterocycles. The molecular weight excluding hydrogens is 308 g/mol. The molecule has 0 radical (unpaired) electrons. The lowest BCUT2D eigenvalue weighted by Crippen LogP contribution is -2.37. The first-order valence-electron chi connectivity index (χ1n) is 4.34. The second-order valence-electron chi connectivity index (χ2n) is 3.16. The lowest BCUT2D eigenvalue weighted by molar-refractivity contribution is -0.384. The lowest BCUT2D eigenvalue weighted by Gasteiger charge is -2.07. The van der Waals surface area contributed by atoms with Gasteiger partial charge in [0.25, 0.3) is 15.7 Å². The highest BCUT2D eigenvalue weighted by molar-refractivity contribution is 7.91. The third-order valence-electron chi connectivity index (χ3n) is 1.81. The van der Waals surface area contributed by atoms with Crippen molar-refractivity contribution in [1.29, 1.82) is 0 Å². The molecule has 1 atom stereocenters. The monoisotopic (exact) mass is 314 g/mol. The maximum atomic E-state index is 11.7. The van der Waals surface area contributed by atoms with Crippen LogP contribution in [0.2, 0.25) is 4.34 Å². The van der Waals surface area contributed by atoms with Gasteiger partial charge in [-0.15, -0.1) is 11.3 Å². The summed E-state index contributed by atoms with van der Waals surface area (Å²) in [6.07, 6.45) is 0. The van der Waals surface area contributed by atoms with Crippen molar-refractivity contribution >= 4 is 44.6 Å². The Bertz CT molecular complexity index is 595. The van der Waals surface area contributed by atoms with Crippen LogP contribution in [0.5, 0.6) is 0 Å². The van der Waals surface area contributed by atoms with Crippen molar-refractivity contribution in [2.45, 2.75) is 17.2 Å². The van der Waals surface area contributed by atoms with Crippen LogP contribution in [0, 0.1) is 10.1 Å². The Hall–Kier alpha value is -1.23. The van der Waals surface area contributed by atoms with Gasteiger partial charge in [-0.25, -0.2) is 8.42 Å². The van der Waals surface area contributed by atoms with E-state index in [0.29, 0.717) is 11.3 Å². The van der Waals surface area contributed by atoms with E-state index in [0.717, 1.165) is 13.0 Å². The van der Waals surface area contributed by atoms with E-state index in [1.807, 2.05) is 4.72 Å². The van der Waals surface area contributed by atoms with Gasteiger partial charge < -0.3 is 5.11 Å². The van der Waals surface area contributed by atoms with Gasteiger partial charge in [0.2, 0.25) is 0 Å². The van der Waals surface area contributed by atoms with Crippen LogP contribution >= 0.6 is 22.9 Å². The van der Waals surface area contributed by atoms with E-state index in [9.17, 15) is 23.3 Å². The number of thiophene rings is 1. The molecule has 0 saturated heterocycles. The Morgan fingerprint density at radius 2 is 2.22 bits per heavy atom. The van der Waals surface area contributed by atoms with Gasteiger partial charge in [0.05, 0.1) is 4.92 Å². The number of carbonyl (C=O) groups is 1. The van der Waals surface area contributed by atoms with E-state index in [4.69, 9.17) is 16.7 Å². The normalized spacial score (nSPS) is 13.2. The second kappa shape index (κ2) is 5.18. The first kappa shape index (κ1) is 14.8. The number of hydrogen-bond acceptors (Lipinski definition) is 6. The van der Waals surface area contributed by atoms with Gasteiger partial charge in [0.15, 0.2) is 4.34 Å². The smallest absolute Gasteiger partial charge is 0.321 e. The molecule has 0 aliphatic rings. The molecule has 0 aromatic carbocycles. The summed E-state index contributed by atoms with van der Waals surface area (Å²) >= 11 is 6.00. The molecule has 2 N–H and O–H groups in total. The van der Waals surface area contributed by atoms with Gasteiger partial charge in [-0.2, -0.15) is 4.72 Å². The maximum Gasteiger partial charge on any atom is 0.321 e. The van der Waals surface area contributed by atoms with Crippen molar-refractivity contribution in [1.82, 2.24) is 4.72 Å². The predicted molar refractivity (Wildman–Crippen MR) is 63.4 cm³/mol. The molecule has 0 unspecified atom stereocenters. The zero-order chi connectivity index (χ0) is 14.1. The van der Waals surface area contributed by atoms with Gasteiger partial charge in [-0.3, -0.25) is 14.9 Å². The highest BCUT2D eigenvalue weighted by Crippen LogP contribution is 2.36. The number of nitro groups is 1. The van der Waals surface area contributed by atoms with E-state index < -0.39 is 36.9 Å². The van der Waals surface area contributed by atoms with Crippen LogP contribution < -0.4 is 4.72 Å². The zero-order valence-electron chi connectivity index (χ0n) is 8.78. The average molecular weight is 315 g/mol. The van der Waals surface area contributed by atoms with E-state index >= 15 is 0 Å². The van der Waals surface area contributed by atoms with E-state index in [1.54, 1.807) is 0 Å². The number of hydrogen-bond donors (Lipinski definition) is 2. The SMILES string of the molecule is C[C@H](NS(=O)(=O)c1cc([N+](=O)[O-])c(Cl)s1)C(=O)O. The Morgan fingerprint density at radius 3 is 2.61 bits per heavy atom. The second-order valence-corrected chi connectivity index (χ2v) is 6.76. The van der Waals surface area contributed by atoms with E-state index in [2.05, 4.69) is 0 Å². The largest absolute Gasteiger partial charge is 0.480 e. The number of sulfonamides is 1. The van der Waals surface area contributed by atoms with Gasteiger partial charge in [0.1, 0.15) is 10.3 Å². The van der Waals surface area contributed by atoms with Crippen LogP contribution in [0.15, 0.2) is 10.3 Å². The number of carboxylic acid groups (broad SMARTS) is 1. The molecule has 1 aromatic heterocycles. The molecule has 0 aliphatic carbocycles. The topological polar surface area (TPSA) is 127 Å². The Labute approximate surface area is 110 Å². The molecule has 1 heterocycles. The van der Waals surface area contributed by atoms with Crippen molar-refractivity contribution in [3.05, 3.63) is 20.5 Å². The molecule has 0 amide bonds. The summed E-state index contributed by atoms with van der Waals surface area (Å²) in [5, 5.41) is 19.1. The summed E-state index contributed by atoms with van der Waals surface area (Å²) in [6, 6.07) is -0.570. The molecule has 0 spiro atoms. The minimum absolute atomic E-state index is 0.289. The van der Waals surface area contributed by atoms with E-state index in [1.165, 1.54) is 0 Å². The Balaban J connectivity index is 3.10. The molecule has 11 heteroatoms. The van der Waals surface area contributed by atoms with Crippen LogP contribution in [0.25, 0.3) is 0 Å². The fourth-order valence-corrected chi connectivity index (χ4v) is 3.81. The summed E-state index contributed by atoms with van der Waals surface area (Å²) in [4.78, 5) is 20.2. The third-order valence-corrected chi connectivity index (χ3v) is 5.16. The molecule has 100 valence electrons. The lowest BCUT2D eigenvalue weighted by atomic mass is 10.4. The predicted octanol–water partition coefficient (Wildman–Crippen LogP) is 1.06. The highest BCUT2D eigenvalue weighted by atomic mass is 35.5. The van der Waals surface area contributed by atoms with Gasteiger partial charge in [0, 0.05) is 6.07 Å². The minimum Gasteiger partial charge on any atom is -0.480 e. The fraction of sp³-hybridized carbons (Fsp3) is 0.286. The third kappa shape index (κ3) is 3.16. The molecule has 0 fully saturated rings. The minimum atomic E-state index is -4.14. The Morgan fingerprint density at radius 1 is 1.67 bits per heavy atom. The average Bonchev–Trinajstić information content (AvgIpc) is 2.60. The molecular formula is C7H7ClN2O6S2. The number of rotatable bonds is 5. The number of carboxylic acids is 1. The van der Waals surface area contributed by atoms with E-state index in [-0.39, 0.29) is 4.34 Å². The van der Waals surface area contributed by atoms with Crippen LogP contribution in [0.4, 0.5) is 5.69 Å². The quantitative estimate of drug-likeness (QED) is 0.618. The number of halogens is 1. The van der Waals surface area contributed by atoms with Crippen LogP contribution in [0.3, 0.4) is 0 Å². The summed E-state index contributed by atoms with van der Waals surface area (Å²) in [6.45, 7) is 1.13. The first-order valence-corrected chi connectivity index (χ1v) is 7.01. The number of nitrogens with zero attached hydrogens (tertiary/aromatic N) is 1. The van der Waals surface area contributed by atoms with Gasteiger partial charge in [-0.05, 0) is 6.92 Å². The standard InChI is InChI=1S/C7H7ClN2O6S2/c1-3(7(11)12)9-18(15,16)5-2-4(10(13)14)6(8)17-5/h2-3,9H,1H3,(H,11,12)/t3-/m0/s1. The van der Waals surface area contributed by atoms with Crippen molar-refractivity contribution in [3.63, 3.8) is 0 Å². The summed E-state index contributed by atoms with van der Waals surface area (Å²) < 4.78 is 24.5. The molecule has 8 nitrogen and oxygen atoms in total. The van der Waals surface area contributed by atoms with Crippen molar-refractivity contribution < 1.29 is 23.2 Å². The molecule has 1 rings (SSSR count). The zero-order valence-corrected chi connectivity index (χ0v) is 11.2. The number of nitrogens with one attached hydrogen (secondary N) is 1. The van der Waals surface area contributed by atoms with Gasteiger partial charge in [-0.1, -0.05) is 11.6 Å². The maximum absolute atomic E-state index is 11.7. The summed E-state index contributed by atoms with van der Waals surface area (Å²) in [5.41, 5.74) is -0.537. The van der Waals surface area contributed by atoms with Gasteiger partial charge >= 0.3 is 5.97 Å². The van der Waals surface area contributed by atoms with Crippen LogP contribution in [-0.2, 0) is 14.8 Å². The van der Waals surface area contributed by atoms with Crippen LogP contribution in [-0.4, -0.2) is 30.5 Å². The highest BCUT2D eigenvalue weighted by Gasteiger charge is 2.27. The fourth-order valence-electron chi connectivity index (χ4n) is 0.937. The van der Waals surface area contributed by atoms with Crippen LogP contribution in [0.1, 0.15) is 6.92 Å². The summed E-state index contributed by atoms with van der Waals surface area (Å²) in [5.74, 6) is -1.37. The Kier molecular flexibility index (Phi) is 4.27. The van der Waals surface area contributed by atoms with Crippen molar-refractivity contribution in [2.24, 2.45) is 0 Å². The van der Waals surface area contributed by atoms with Crippen molar-refractivity contribution in [3.8, 4) is 0 Å². The molecule has 18 heavy (non-hydrogen) atoms. The van der Waals surface area contributed by atoms with Crippen molar-refractivity contribution in [2.75, 3.05) is 0 Å². The molecule has 0 saturated carbocycles. The summed E-state index contributed by atoms with van der Waals surface area (Å²) in [7, 11) is -4.14.